The van der Waals surface area contributed by atoms with Gasteiger partial charge in [0.25, 0.3) is 0 Å². The molecular weight excluding hydrogens is 198 g/mol. The average molecular weight is 217 g/mol. The Kier molecular flexibility index (Phi) is 2.60. The van der Waals surface area contributed by atoms with E-state index in [-0.39, 0.29) is 0 Å². The molecule has 2 aliphatic heterocycles. The molecule has 0 radical (unpaired) electrons. The van der Waals surface area contributed by atoms with Crippen LogP contribution in [-0.2, 0) is 6.42 Å². The Morgan fingerprint density at radius 2 is 2.31 bits per heavy atom. The van der Waals surface area contributed by atoms with E-state index < -0.39 is 0 Å². The normalized spacial score (nSPS) is 28.6. The Hall–Kier alpha value is -1.02. The minimum Gasteiger partial charge on any atom is -0.493 e. The van der Waals surface area contributed by atoms with Gasteiger partial charge >= 0.3 is 0 Å². The molecule has 1 fully saturated rings. The number of hydrogen-bond donors (Lipinski definition) is 1. The summed E-state index contributed by atoms with van der Waals surface area (Å²) in [6.07, 6.45) is 2.32. The average Bonchev–Trinajstić information content (AvgIpc) is 2.77. The first-order valence-electron chi connectivity index (χ1n) is 6.31. The second-order valence-corrected chi connectivity index (χ2v) is 5.01. The van der Waals surface area contributed by atoms with Crippen molar-refractivity contribution < 1.29 is 4.74 Å². The van der Waals surface area contributed by atoms with E-state index in [1.165, 1.54) is 23.3 Å². The van der Waals surface area contributed by atoms with Crippen LogP contribution in [0, 0.1) is 5.92 Å². The number of nitrogens with one attached hydrogen (secondary N) is 1. The highest BCUT2D eigenvalue weighted by Gasteiger charge is 2.27. The highest BCUT2D eigenvalue weighted by atomic mass is 16.5. The zero-order valence-electron chi connectivity index (χ0n) is 9.83. The maximum Gasteiger partial charge on any atom is 0.126 e. The molecule has 86 valence electrons. The fourth-order valence-electron chi connectivity index (χ4n) is 3.01. The van der Waals surface area contributed by atoms with Gasteiger partial charge in [-0.2, -0.15) is 0 Å². The van der Waals surface area contributed by atoms with Crippen LogP contribution in [0.25, 0.3) is 0 Å². The molecule has 1 N–H and O–H groups in total. The minimum atomic E-state index is 0.675. The molecule has 3 rings (SSSR count). The van der Waals surface area contributed by atoms with Crippen molar-refractivity contribution in [3.05, 3.63) is 29.3 Å². The second kappa shape index (κ2) is 4.10. The predicted octanol–water partition coefficient (Wildman–Crippen LogP) is 2.33. The molecule has 0 aromatic heterocycles. The van der Waals surface area contributed by atoms with Gasteiger partial charge in [-0.15, -0.1) is 0 Å². The van der Waals surface area contributed by atoms with Gasteiger partial charge in [-0.3, -0.25) is 0 Å². The summed E-state index contributed by atoms with van der Waals surface area (Å²) in [7, 11) is 0. The molecule has 2 nitrogen and oxygen atoms in total. The topological polar surface area (TPSA) is 21.3 Å². The van der Waals surface area contributed by atoms with Gasteiger partial charge in [0.2, 0.25) is 0 Å². The third-order valence-corrected chi connectivity index (χ3v) is 3.93. The summed E-state index contributed by atoms with van der Waals surface area (Å²) >= 11 is 0. The molecule has 2 heterocycles. The van der Waals surface area contributed by atoms with Crippen LogP contribution < -0.4 is 10.1 Å². The van der Waals surface area contributed by atoms with E-state index in [1.807, 2.05) is 0 Å². The summed E-state index contributed by atoms with van der Waals surface area (Å²) in [5, 5.41) is 3.46. The Balaban J connectivity index is 1.96. The smallest absolute Gasteiger partial charge is 0.126 e. The highest BCUT2D eigenvalue weighted by Crippen LogP contribution is 2.39. The van der Waals surface area contributed by atoms with Crippen molar-refractivity contribution in [1.82, 2.24) is 5.32 Å². The molecule has 2 aliphatic rings. The summed E-state index contributed by atoms with van der Waals surface area (Å²) in [6.45, 7) is 5.48. The Morgan fingerprint density at radius 1 is 1.38 bits per heavy atom. The number of rotatable bonds is 1. The predicted molar refractivity (Wildman–Crippen MR) is 65.0 cm³/mol. The van der Waals surface area contributed by atoms with Crippen molar-refractivity contribution >= 4 is 0 Å². The van der Waals surface area contributed by atoms with Gasteiger partial charge in [0.1, 0.15) is 5.75 Å². The lowest BCUT2D eigenvalue weighted by molar-refractivity contribution is 0.321. The number of hydrogen-bond acceptors (Lipinski definition) is 2. The fraction of sp³-hybridized carbons (Fsp3) is 0.571. The lowest BCUT2D eigenvalue weighted by Gasteiger charge is -2.30. The largest absolute Gasteiger partial charge is 0.493 e. The molecule has 1 saturated heterocycles. The first-order valence-corrected chi connectivity index (χ1v) is 6.31. The Labute approximate surface area is 97.0 Å². The van der Waals surface area contributed by atoms with Crippen LogP contribution in [0.3, 0.4) is 0 Å². The Morgan fingerprint density at radius 3 is 3.19 bits per heavy atom. The molecule has 0 spiro atoms. The number of para-hydroxylation sites is 1. The zero-order valence-corrected chi connectivity index (χ0v) is 9.83. The van der Waals surface area contributed by atoms with Crippen LogP contribution in [0.2, 0.25) is 0 Å². The molecule has 16 heavy (non-hydrogen) atoms. The second-order valence-electron chi connectivity index (χ2n) is 5.01. The van der Waals surface area contributed by atoms with Crippen molar-refractivity contribution in [3.63, 3.8) is 0 Å². The van der Waals surface area contributed by atoms with E-state index in [1.54, 1.807) is 0 Å². The van der Waals surface area contributed by atoms with E-state index in [2.05, 4.69) is 30.4 Å². The lowest BCUT2D eigenvalue weighted by Crippen LogP contribution is -2.33. The number of piperidine rings is 1. The van der Waals surface area contributed by atoms with Gasteiger partial charge in [-0.25, -0.2) is 0 Å². The number of fused-ring (bicyclic) bond motifs is 1. The van der Waals surface area contributed by atoms with Gasteiger partial charge in [0.15, 0.2) is 0 Å². The maximum absolute atomic E-state index is 5.81. The molecule has 1 aromatic rings. The summed E-state index contributed by atoms with van der Waals surface area (Å²) in [5.74, 6) is 2.58. The minimum absolute atomic E-state index is 0.675. The van der Waals surface area contributed by atoms with Crippen molar-refractivity contribution in [1.29, 1.82) is 0 Å². The molecule has 0 saturated carbocycles. The van der Waals surface area contributed by atoms with Gasteiger partial charge in [0.05, 0.1) is 6.61 Å². The quantitative estimate of drug-likeness (QED) is 0.779. The number of benzene rings is 1. The summed E-state index contributed by atoms with van der Waals surface area (Å²) in [4.78, 5) is 0. The van der Waals surface area contributed by atoms with Gasteiger partial charge in [-0.1, -0.05) is 25.1 Å². The monoisotopic (exact) mass is 217 g/mol. The van der Waals surface area contributed by atoms with Gasteiger partial charge < -0.3 is 10.1 Å². The molecule has 2 atom stereocenters. The number of ether oxygens (including phenoxy) is 1. The molecule has 2 heteroatoms. The Bertz CT molecular complexity index is 388. The SMILES string of the molecule is CC1CNCCC1c1cccc2c1OCC2. The summed E-state index contributed by atoms with van der Waals surface area (Å²) in [5.41, 5.74) is 2.85. The fourth-order valence-corrected chi connectivity index (χ4v) is 3.01. The van der Waals surface area contributed by atoms with Crippen molar-refractivity contribution in [2.75, 3.05) is 19.7 Å². The van der Waals surface area contributed by atoms with Crippen LogP contribution in [-0.4, -0.2) is 19.7 Å². The first-order chi connectivity index (χ1) is 7.86. The van der Waals surface area contributed by atoms with Crippen LogP contribution in [0.15, 0.2) is 18.2 Å². The third kappa shape index (κ3) is 1.61. The van der Waals surface area contributed by atoms with Crippen LogP contribution in [0.4, 0.5) is 0 Å². The van der Waals surface area contributed by atoms with Crippen LogP contribution in [0.5, 0.6) is 5.75 Å². The third-order valence-electron chi connectivity index (χ3n) is 3.93. The molecule has 0 amide bonds. The van der Waals surface area contributed by atoms with Crippen LogP contribution >= 0.6 is 0 Å². The molecule has 1 aromatic carbocycles. The molecule has 0 aliphatic carbocycles. The first kappa shape index (κ1) is 10.2. The molecule has 2 unspecified atom stereocenters. The van der Waals surface area contributed by atoms with E-state index in [0.717, 1.165) is 26.1 Å². The molecule has 0 bridgehead atoms. The van der Waals surface area contributed by atoms with Crippen LogP contribution in [0.1, 0.15) is 30.4 Å². The van der Waals surface area contributed by atoms with Gasteiger partial charge in [0, 0.05) is 6.42 Å². The van der Waals surface area contributed by atoms with Crippen molar-refractivity contribution in [2.24, 2.45) is 5.92 Å². The van der Waals surface area contributed by atoms with Crippen molar-refractivity contribution in [2.45, 2.75) is 25.7 Å². The van der Waals surface area contributed by atoms with Gasteiger partial charge in [-0.05, 0) is 42.5 Å². The van der Waals surface area contributed by atoms with E-state index in [9.17, 15) is 0 Å². The summed E-state index contributed by atoms with van der Waals surface area (Å²) in [6, 6.07) is 6.66. The maximum atomic E-state index is 5.81. The summed E-state index contributed by atoms with van der Waals surface area (Å²) < 4.78 is 5.81. The zero-order chi connectivity index (χ0) is 11.0. The molecular formula is C14H19NO. The van der Waals surface area contributed by atoms with E-state index in [0.29, 0.717) is 11.8 Å². The lowest BCUT2D eigenvalue weighted by atomic mass is 9.81. The van der Waals surface area contributed by atoms with E-state index in [4.69, 9.17) is 4.74 Å². The highest BCUT2D eigenvalue weighted by molar-refractivity contribution is 5.46. The standard InChI is InChI=1S/C14H19NO/c1-10-9-15-7-5-12(10)13-4-2-3-11-6-8-16-14(11)13/h2-4,10,12,15H,5-9H2,1H3. The van der Waals surface area contributed by atoms with Crippen molar-refractivity contribution in [3.8, 4) is 5.75 Å². The van der Waals surface area contributed by atoms with E-state index >= 15 is 0 Å².